The fourth-order valence-electron chi connectivity index (χ4n) is 1.72. The van der Waals surface area contributed by atoms with Gasteiger partial charge >= 0.3 is 0 Å². The van der Waals surface area contributed by atoms with Crippen LogP contribution in [-0.4, -0.2) is 22.6 Å². The van der Waals surface area contributed by atoms with Crippen LogP contribution in [0.5, 0.6) is 0 Å². The lowest BCUT2D eigenvalue weighted by Crippen LogP contribution is -2.26. The van der Waals surface area contributed by atoms with Gasteiger partial charge in [-0.2, -0.15) is 0 Å². The predicted molar refractivity (Wildman–Crippen MR) is 68.9 cm³/mol. The number of hydrogen-bond acceptors (Lipinski definition) is 5. The Labute approximate surface area is 109 Å². The minimum Gasteiger partial charge on any atom is -0.361 e. The van der Waals surface area contributed by atoms with Crippen LogP contribution in [0.25, 0.3) is 0 Å². The Morgan fingerprint density at radius 3 is 2.78 bits per heavy atom. The molecule has 0 atom stereocenters. The van der Waals surface area contributed by atoms with E-state index in [4.69, 9.17) is 4.52 Å². The number of aromatic nitrogens is 2. The van der Waals surface area contributed by atoms with Crippen molar-refractivity contribution >= 4 is 17.2 Å². The van der Waals surface area contributed by atoms with Crippen molar-refractivity contribution in [2.45, 2.75) is 27.2 Å². The monoisotopic (exact) mass is 265 g/mol. The Balaban J connectivity index is 1.89. The van der Waals surface area contributed by atoms with E-state index < -0.39 is 0 Å². The number of carbonyl (C=O) groups excluding carboxylic acids is 1. The van der Waals surface area contributed by atoms with E-state index in [0.717, 1.165) is 17.1 Å². The Kier molecular flexibility index (Phi) is 3.76. The lowest BCUT2D eigenvalue weighted by molar-refractivity contribution is 0.0952. The van der Waals surface area contributed by atoms with Crippen LogP contribution in [0.3, 0.4) is 0 Å². The second-order valence-corrected chi connectivity index (χ2v) is 5.13. The third-order valence-corrected chi connectivity index (χ3v) is 3.42. The van der Waals surface area contributed by atoms with Gasteiger partial charge in [-0.15, -0.1) is 11.3 Å². The fourth-order valence-corrected chi connectivity index (χ4v) is 2.37. The van der Waals surface area contributed by atoms with Crippen molar-refractivity contribution in [3.63, 3.8) is 0 Å². The highest BCUT2D eigenvalue weighted by Gasteiger charge is 2.16. The summed E-state index contributed by atoms with van der Waals surface area (Å²) in [5.74, 6) is 0.410. The number of amides is 1. The third kappa shape index (κ3) is 2.76. The van der Waals surface area contributed by atoms with Gasteiger partial charge < -0.3 is 9.84 Å². The van der Waals surface area contributed by atoms with Gasteiger partial charge in [-0.3, -0.25) is 4.79 Å². The molecular weight excluding hydrogens is 250 g/mol. The molecule has 0 unspecified atom stereocenters. The van der Waals surface area contributed by atoms with Gasteiger partial charge in [-0.05, 0) is 20.8 Å². The van der Waals surface area contributed by atoms with E-state index in [1.54, 1.807) is 25.2 Å². The SMILES string of the molecule is Cc1nc(CCNC(=O)c2c(C)noc2C)cs1. The topological polar surface area (TPSA) is 68.0 Å². The van der Waals surface area contributed by atoms with Crippen LogP contribution in [-0.2, 0) is 6.42 Å². The molecule has 0 fully saturated rings. The van der Waals surface area contributed by atoms with Gasteiger partial charge in [0, 0.05) is 18.3 Å². The summed E-state index contributed by atoms with van der Waals surface area (Å²) in [7, 11) is 0. The first-order chi connectivity index (χ1) is 8.58. The quantitative estimate of drug-likeness (QED) is 0.918. The first kappa shape index (κ1) is 12.8. The molecule has 2 rings (SSSR count). The van der Waals surface area contributed by atoms with Crippen molar-refractivity contribution < 1.29 is 9.32 Å². The molecule has 0 saturated heterocycles. The Bertz CT molecular complexity index is 540. The zero-order valence-corrected chi connectivity index (χ0v) is 11.4. The number of nitrogens with zero attached hydrogens (tertiary/aromatic N) is 2. The highest BCUT2D eigenvalue weighted by molar-refractivity contribution is 7.09. The second kappa shape index (κ2) is 5.30. The molecule has 2 heterocycles. The van der Waals surface area contributed by atoms with E-state index in [2.05, 4.69) is 15.5 Å². The normalized spacial score (nSPS) is 10.6. The lowest BCUT2D eigenvalue weighted by atomic mass is 10.2. The molecule has 0 aliphatic rings. The van der Waals surface area contributed by atoms with Crippen molar-refractivity contribution in [2.24, 2.45) is 0 Å². The van der Waals surface area contributed by atoms with E-state index in [1.165, 1.54) is 0 Å². The maximum atomic E-state index is 11.9. The number of hydrogen-bond donors (Lipinski definition) is 1. The molecule has 0 aromatic carbocycles. The van der Waals surface area contributed by atoms with Crippen molar-refractivity contribution in [1.29, 1.82) is 0 Å². The summed E-state index contributed by atoms with van der Waals surface area (Å²) < 4.78 is 4.96. The maximum absolute atomic E-state index is 11.9. The molecular formula is C12H15N3O2S. The van der Waals surface area contributed by atoms with Crippen LogP contribution in [0.2, 0.25) is 0 Å². The standard InChI is InChI=1S/C12H15N3O2S/c1-7-11(8(2)17-15-7)12(16)13-5-4-10-6-18-9(3)14-10/h6H,4-5H2,1-3H3,(H,13,16). The molecule has 0 aliphatic carbocycles. The zero-order chi connectivity index (χ0) is 13.1. The molecule has 0 aliphatic heterocycles. The fraction of sp³-hybridized carbons (Fsp3) is 0.417. The van der Waals surface area contributed by atoms with Crippen molar-refractivity contribution in [3.8, 4) is 0 Å². The summed E-state index contributed by atoms with van der Waals surface area (Å²) in [4.78, 5) is 16.3. The molecule has 18 heavy (non-hydrogen) atoms. The van der Waals surface area contributed by atoms with E-state index >= 15 is 0 Å². The first-order valence-electron chi connectivity index (χ1n) is 5.70. The summed E-state index contributed by atoms with van der Waals surface area (Å²) in [6, 6.07) is 0. The second-order valence-electron chi connectivity index (χ2n) is 4.06. The van der Waals surface area contributed by atoms with E-state index in [0.29, 0.717) is 23.6 Å². The van der Waals surface area contributed by atoms with Gasteiger partial charge in [0.05, 0.1) is 16.4 Å². The maximum Gasteiger partial charge on any atom is 0.256 e. The predicted octanol–water partition coefficient (Wildman–Crippen LogP) is 2.03. The van der Waals surface area contributed by atoms with Crippen LogP contribution < -0.4 is 5.32 Å². The van der Waals surface area contributed by atoms with Gasteiger partial charge in [0.1, 0.15) is 11.3 Å². The van der Waals surface area contributed by atoms with Gasteiger partial charge in [0.15, 0.2) is 0 Å². The van der Waals surface area contributed by atoms with Gasteiger partial charge in [-0.1, -0.05) is 5.16 Å². The van der Waals surface area contributed by atoms with Crippen molar-refractivity contribution in [1.82, 2.24) is 15.5 Å². The summed E-state index contributed by atoms with van der Waals surface area (Å²) in [6.07, 6.45) is 0.736. The van der Waals surface area contributed by atoms with Crippen LogP contribution in [0.1, 0.15) is 32.5 Å². The largest absolute Gasteiger partial charge is 0.361 e. The number of rotatable bonds is 4. The number of nitrogens with one attached hydrogen (secondary N) is 1. The third-order valence-electron chi connectivity index (χ3n) is 2.59. The molecule has 6 heteroatoms. The van der Waals surface area contributed by atoms with Gasteiger partial charge in [0.2, 0.25) is 0 Å². The van der Waals surface area contributed by atoms with E-state index in [-0.39, 0.29) is 5.91 Å². The lowest BCUT2D eigenvalue weighted by Gasteiger charge is -2.03. The molecule has 2 aromatic heterocycles. The minimum absolute atomic E-state index is 0.141. The summed E-state index contributed by atoms with van der Waals surface area (Å²) in [5.41, 5.74) is 2.16. The van der Waals surface area contributed by atoms with E-state index in [1.807, 2.05) is 12.3 Å². The molecule has 0 bridgehead atoms. The summed E-state index contributed by atoms with van der Waals surface area (Å²) in [5, 5.41) is 9.67. The summed E-state index contributed by atoms with van der Waals surface area (Å²) >= 11 is 1.62. The smallest absolute Gasteiger partial charge is 0.256 e. The van der Waals surface area contributed by atoms with Crippen molar-refractivity contribution in [3.05, 3.63) is 33.1 Å². The molecule has 1 N–H and O–H groups in total. The van der Waals surface area contributed by atoms with Crippen LogP contribution in [0, 0.1) is 20.8 Å². The molecule has 0 spiro atoms. The van der Waals surface area contributed by atoms with Crippen LogP contribution >= 0.6 is 11.3 Å². The van der Waals surface area contributed by atoms with Crippen LogP contribution in [0.4, 0.5) is 0 Å². The molecule has 2 aromatic rings. The summed E-state index contributed by atoms with van der Waals surface area (Å²) in [6.45, 7) is 6.02. The highest BCUT2D eigenvalue weighted by atomic mass is 32.1. The van der Waals surface area contributed by atoms with Crippen LogP contribution in [0.15, 0.2) is 9.90 Å². The van der Waals surface area contributed by atoms with Gasteiger partial charge in [0.25, 0.3) is 5.91 Å². The Hall–Kier alpha value is -1.69. The van der Waals surface area contributed by atoms with Crippen molar-refractivity contribution in [2.75, 3.05) is 6.54 Å². The zero-order valence-electron chi connectivity index (χ0n) is 10.6. The average molecular weight is 265 g/mol. The Morgan fingerprint density at radius 2 is 2.22 bits per heavy atom. The number of aryl methyl sites for hydroxylation is 3. The number of carbonyl (C=O) groups is 1. The molecule has 0 saturated carbocycles. The average Bonchev–Trinajstić information content (AvgIpc) is 2.86. The minimum atomic E-state index is -0.141. The molecule has 5 nitrogen and oxygen atoms in total. The first-order valence-corrected chi connectivity index (χ1v) is 6.58. The number of thiazole rings is 1. The molecule has 0 radical (unpaired) electrons. The highest BCUT2D eigenvalue weighted by Crippen LogP contribution is 2.12. The molecule has 1 amide bonds. The molecule has 96 valence electrons. The van der Waals surface area contributed by atoms with E-state index in [9.17, 15) is 4.79 Å². The Morgan fingerprint density at radius 1 is 1.44 bits per heavy atom. The van der Waals surface area contributed by atoms with Gasteiger partial charge in [-0.25, -0.2) is 4.98 Å².